The Bertz CT molecular complexity index is 1050. The molecule has 0 atom stereocenters. The number of anilines is 1. The van der Waals surface area contributed by atoms with Crippen molar-refractivity contribution in [3.8, 4) is 0 Å². The lowest BCUT2D eigenvalue weighted by Crippen LogP contribution is -2.46. The van der Waals surface area contributed by atoms with Gasteiger partial charge < -0.3 is 4.90 Å². The van der Waals surface area contributed by atoms with E-state index in [4.69, 9.17) is 5.10 Å². The maximum absolute atomic E-state index is 4.79. The van der Waals surface area contributed by atoms with Gasteiger partial charge in [0.25, 0.3) is 0 Å². The molecule has 1 saturated heterocycles. The van der Waals surface area contributed by atoms with Crippen molar-refractivity contribution in [2.24, 2.45) is 0 Å². The van der Waals surface area contributed by atoms with E-state index in [-0.39, 0.29) is 0 Å². The summed E-state index contributed by atoms with van der Waals surface area (Å²) in [6.07, 6.45) is 1.94. The van der Waals surface area contributed by atoms with Crippen LogP contribution in [0.25, 0.3) is 4.96 Å². The van der Waals surface area contributed by atoms with Crippen molar-refractivity contribution in [1.29, 1.82) is 0 Å². The molecule has 3 heterocycles. The first-order valence-corrected chi connectivity index (χ1v) is 10.9. The summed E-state index contributed by atoms with van der Waals surface area (Å²) in [5.74, 6) is 0.940. The number of para-hydroxylation sites is 1. The molecule has 0 radical (unpaired) electrons. The molecular formula is C22H24N6S. The maximum Gasteiger partial charge on any atom is 0.234 e. The van der Waals surface area contributed by atoms with Crippen molar-refractivity contribution < 1.29 is 0 Å². The first-order chi connectivity index (χ1) is 14.3. The van der Waals surface area contributed by atoms with E-state index in [9.17, 15) is 0 Å². The Morgan fingerprint density at radius 1 is 0.793 bits per heavy atom. The van der Waals surface area contributed by atoms with Crippen molar-refractivity contribution in [1.82, 2.24) is 24.7 Å². The van der Waals surface area contributed by atoms with Crippen LogP contribution in [0.15, 0.2) is 60.7 Å². The minimum atomic E-state index is 0.797. The zero-order valence-electron chi connectivity index (χ0n) is 16.3. The quantitative estimate of drug-likeness (QED) is 0.494. The van der Waals surface area contributed by atoms with Gasteiger partial charge >= 0.3 is 0 Å². The minimum absolute atomic E-state index is 0.797. The molecule has 6 nitrogen and oxygen atoms in total. The largest absolute Gasteiger partial charge is 0.369 e. The molecule has 0 unspecified atom stereocenters. The molecule has 5 rings (SSSR count). The summed E-state index contributed by atoms with van der Waals surface area (Å²) in [4.78, 5) is 5.78. The Hall–Kier alpha value is -2.77. The van der Waals surface area contributed by atoms with E-state index in [1.165, 1.54) is 11.3 Å². The molecule has 2 aromatic heterocycles. The second kappa shape index (κ2) is 8.31. The monoisotopic (exact) mass is 404 g/mol. The van der Waals surface area contributed by atoms with Crippen LogP contribution in [0.2, 0.25) is 0 Å². The molecule has 0 spiro atoms. The van der Waals surface area contributed by atoms with E-state index in [0.717, 1.165) is 61.4 Å². The van der Waals surface area contributed by atoms with Crippen LogP contribution in [0.5, 0.6) is 0 Å². The van der Waals surface area contributed by atoms with Gasteiger partial charge in [-0.2, -0.15) is 9.61 Å². The number of hydrogen-bond acceptors (Lipinski definition) is 6. The van der Waals surface area contributed by atoms with Crippen molar-refractivity contribution in [2.75, 3.05) is 31.1 Å². The Morgan fingerprint density at radius 3 is 2.28 bits per heavy atom. The van der Waals surface area contributed by atoms with Gasteiger partial charge in [-0.15, -0.1) is 10.2 Å². The molecule has 0 aliphatic carbocycles. The summed E-state index contributed by atoms with van der Waals surface area (Å²) < 4.78 is 1.94. The molecule has 1 aliphatic rings. The second-order valence-electron chi connectivity index (χ2n) is 7.39. The van der Waals surface area contributed by atoms with Crippen LogP contribution in [-0.2, 0) is 19.4 Å². The zero-order valence-corrected chi connectivity index (χ0v) is 17.1. The summed E-state index contributed by atoms with van der Waals surface area (Å²) in [6.45, 7) is 4.91. The normalized spacial score (nSPS) is 15.2. The summed E-state index contributed by atoms with van der Waals surface area (Å²) in [7, 11) is 0. The molecule has 0 saturated carbocycles. The zero-order chi connectivity index (χ0) is 19.5. The summed E-state index contributed by atoms with van der Waals surface area (Å²) in [5.41, 5.74) is 2.65. The van der Waals surface area contributed by atoms with Gasteiger partial charge in [-0.25, -0.2) is 0 Å². The highest BCUT2D eigenvalue weighted by Crippen LogP contribution is 2.19. The topological polar surface area (TPSA) is 49.6 Å². The van der Waals surface area contributed by atoms with Gasteiger partial charge in [0.2, 0.25) is 4.96 Å². The summed E-state index contributed by atoms with van der Waals surface area (Å²) in [6, 6.07) is 21.2. The molecule has 2 aromatic carbocycles. The summed E-state index contributed by atoms with van der Waals surface area (Å²) in [5, 5.41) is 14.7. The number of aromatic nitrogens is 4. The number of nitrogens with zero attached hydrogens (tertiary/aromatic N) is 6. The predicted octanol–water partition coefficient (Wildman–Crippen LogP) is 3.29. The fourth-order valence-electron chi connectivity index (χ4n) is 3.80. The molecule has 29 heavy (non-hydrogen) atoms. The minimum Gasteiger partial charge on any atom is -0.369 e. The smallest absolute Gasteiger partial charge is 0.234 e. The molecule has 1 aliphatic heterocycles. The Balaban J connectivity index is 1.20. The highest BCUT2D eigenvalue weighted by Gasteiger charge is 2.20. The third-order valence-corrected chi connectivity index (χ3v) is 6.38. The Morgan fingerprint density at radius 2 is 1.52 bits per heavy atom. The van der Waals surface area contributed by atoms with Crippen molar-refractivity contribution in [3.05, 3.63) is 77.1 Å². The van der Waals surface area contributed by atoms with E-state index >= 15 is 0 Å². The number of fused-ring (bicyclic) bond motifs is 1. The van der Waals surface area contributed by atoms with Crippen LogP contribution >= 0.6 is 11.3 Å². The lowest BCUT2D eigenvalue weighted by Gasteiger charge is -2.35. The highest BCUT2D eigenvalue weighted by molar-refractivity contribution is 7.16. The molecule has 1 fully saturated rings. The van der Waals surface area contributed by atoms with Crippen LogP contribution in [-0.4, -0.2) is 50.9 Å². The van der Waals surface area contributed by atoms with Gasteiger partial charge in [0.05, 0.1) is 6.54 Å². The van der Waals surface area contributed by atoms with E-state index in [2.05, 4.69) is 80.7 Å². The first-order valence-electron chi connectivity index (χ1n) is 10.1. The second-order valence-corrected chi connectivity index (χ2v) is 8.43. The van der Waals surface area contributed by atoms with Crippen LogP contribution < -0.4 is 4.90 Å². The number of hydrogen-bond donors (Lipinski definition) is 0. The number of piperazine rings is 1. The third-order valence-electron chi connectivity index (χ3n) is 5.43. The van der Waals surface area contributed by atoms with Crippen molar-refractivity contribution in [3.63, 3.8) is 0 Å². The van der Waals surface area contributed by atoms with E-state index in [1.807, 2.05) is 4.52 Å². The number of rotatable bonds is 6. The predicted molar refractivity (Wildman–Crippen MR) is 116 cm³/mol. The van der Waals surface area contributed by atoms with Gasteiger partial charge in [-0.3, -0.25) is 4.90 Å². The molecule has 0 amide bonds. The van der Waals surface area contributed by atoms with Crippen molar-refractivity contribution in [2.45, 2.75) is 19.4 Å². The molecule has 4 aromatic rings. The first kappa shape index (κ1) is 18.3. The van der Waals surface area contributed by atoms with E-state index < -0.39 is 0 Å². The lowest BCUT2D eigenvalue weighted by atomic mass is 10.1. The molecule has 7 heteroatoms. The van der Waals surface area contributed by atoms with Crippen LogP contribution in [0.4, 0.5) is 5.69 Å². The number of aryl methyl sites for hydroxylation is 2. The van der Waals surface area contributed by atoms with Crippen LogP contribution in [0.1, 0.15) is 16.4 Å². The Labute approximate surface area is 174 Å². The van der Waals surface area contributed by atoms with E-state index in [1.54, 1.807) is 11.3 Å². The standard InChI is InChI=1S/C22H24N6S/c1-3-7-18(8-4-1)11-12-21-25-28-20(23-24-22(28)29-21)17-26-13-15-27(16-14-26)19-9-5-2-6-10-19/h1-10H,11-17H2. The van der Waals surface area contributed by atoms with Gasteiger partial charge in [0.1, 0.15) is 5.01 Å². The molecule has 0 bridgehead atoms. The van der Waals surface area contributed by atoms with Gasteiger partial charge in [-0.1, -0.05) is 59.9 Å². The van der Waals surface area contributed by atoms with Gasteiger partial charge in [0, 0.05) is 38.3 Å². The average molecular weight is 405 g/mol. The molecule has 148 valence electrons. The van der Waals surface area contributed by atoms with Gasteiger partial charge in [0.15, 0.2) is 5.82 Å². The lowest BCUT2D eigenvalue weighted by molar-refractivity contribution is 0.242. The SMILES string of the molecule is c1ccc(CCc2nn3c(CN4CCN(c5ccccc5)CC4)nnc3s2)cc1. The van der Waals surface area contributed by atoms with Gasteiger partial charge in [-0.05, 0) is 24.1 Å². The molecule has 0 N–H and O–H groups in total. The fraction of sp³-hybridized carbons (Fsp3) is 0.318. The van der Waals surface area contributed by atoms with Crippen LogP contribution in [0.3, 0.4) is 0 Å². The third kappa shape index (κ3) is 4.16. The number of benzene rings is 2. The summed E-state index contributed by atoms with van der Waals surface area (Å²) >= 11 is 1.65. The van der Waals surface area contributed by atoms with Crippen molar-refractivity contribution >= 4 is 22.0 Å². The highest BCUT2D eigenvalue weighted by atomic mass is 32.1. The Kier molecular flexibility index (Phi) is 5.23. The molecular weight excluding hydrogens is 380 g/mol. The average Bonchev–Trinajstić information content (AvgIpc) is 3.36. The van der Waals surface area contributed by atoms with E-state index in [0.29, 0.717) is 0 Å². The van der Waals surface area contributed by atoms with Crippen LogP contribution in [0, 0.1) is 0 Å². The maximum atomic E-state index is 4.79. The fourth-order valence-corrected chi connectivity index (χ4v) is 4.65.